The summed E-state index contributed by atoms with van der Waals surface area (Å²) in [5, 5.41) is 15.0. The highest BCUT2D eigenvalue weighted by Gasteiger charge is 2.26. The highest BCUT2D eigenvalue weighted by atomic mass is 35.5. The smallest absolute Gasteiger partial charge is 0.430 e. The molecule has 0 radical (unpaired) electrons. The van der Waals surface area contributed by atoms with E-state index in [2.05, 4.69) is 36.6 Å². The molecule has 3 N–H and O–H groups in total. The quantitative estimate of drug-likeness (QED) is 0.536. The largest absolute Gasteiger partial charge is 0.436 e. The predicted octanol–water partition coefficient (Wildman–Crippen LogP) is 0.886. The van der Waals surface area contributed by atoms with E-state index in [1.165, 1.54) is 11.1 Å². The van der Waals surface area contributed by atoms with E-state index in [9.17, 15) is 4.79 Å². The Bertz CT molecular complexity index is 488. The molecule has 0 fully saturated rings. The number of carbonyl (C=O) groups excluding carboxylic acids is 1. The minimum absolute atomic E-state index is 0. The maximum absolute atomic E-state index is 12.3. The van der Waals surface area contributed by atoms with Crippen molar-refractivity contribution in [3.8, 4) is 0 Å². The zero-order valence-electron chi connectivity index (χ0n) is 13.0. The lowest BCUT2D eigenvalue weighted by molar-refractivity contribution is -0.126. The summed E-state index contributed by atoms with van der Waals surface area (Å²) in [5.74, 6) is 0.297. The molecule has 22 heavy (non-hydrogen) atoms. The van der Waals surface area contributed by atoms with Crippen molar-refractivity contribution in [3.05, 3.63) is 35.4 Å². The number of amides is 1. The van der Waals surface area contributed by atoms with Gasteiger partial charge in [-0.25, -0.2) is 0 Å². The van der Waals surface area contributed by atoms with Crippen LogP contribution in [0.25, 0.3) is 0 Å². The first kappa shape index (κ1) is 19.0. The maximum atomic E-state index is 12.3. The predicted molar refractivity (Wildman–Crippen MR) is 89.9 cm³/mol. The van der Waals surface area contributed by atoms with Crippen LogP contribution in [0.4, 0.5) is 0 Å². The molecule has 122 valence electrons. The molecule has 0 aliphatic carbocycles. The van der Waals surface area contributed by atoms with Crippen LogP contribution in [0.5, 0.6) is 0 Å². The van der Waals surface area contributed by atoms with Gasteiger partial charge in [-0.2, -0.15) is 0 Å². The van der Waals surface area contributed by atoms with Crippen molar-refractivity contribution in [3.63, 3.8) is 0 Å². The standard InChI is InChI=1S/C15H23BN2O3.ClH/c1-10(2)7-14(21-16-20)18-15(19)13-8-11-5-3-4-6-12(11)9-17-13;/h3-6,10,13-14,16-17,20H,7-9H2,1-2H3,(H,18,19);1H/t13?,14-;/m1./s1. The molecule has 2 atom stereocenters. The SMILES string of the molecule is CC(C)C[C@H](NC(=O)C1Cc2ccccc2CN1)OBO.Cl. The first-order valence-electron chi connectivity index (χ1n) is 7.43. The van der Waals surface area contributed by atoms with Crippen molar-refractivity contribution in [1.29, 1.82) is 0 Å². The summed E-state index contributed by atoms with van der Waals surface area (Å²) >= 11 is 0. The van der Waals surface area contributed by atoms with Crippen molar-refractivity contribution >= 4 is 26.0 Å². The fourth-order valence-corrected chi connectivity index (χ4v) is 2.59. The topological polar surface area (TPSA) is 70.6 Å². The van der Waals surface area contributed by atoms with Gasteiger partial charge < -0.3 is 20.3 Å². The average molecular weight is 327 g/mol. The fourth-order valence-electron chi connectivity index (χ4n) is 2.59. The molecule has 1 aliphatic rings. The second kappa shape index (κ2) is 9.15. The zero-order valence-corrected chi connectivity index (χ0v) is 13.9. The van der Waals surface area contributed by atoms with Gasteiger partial charge in [0.25, 0.3) is 0 Å². The number of hydrogen-bond acceptors (Lipinski definition) is 4. The van der Waals surface area contributed by atoms with Gasteiger partial charge in [0.05, 0.1) is 6.04 Å². The molecule has 0 aromatic heterocycles. The fraction of sp³-hybridized carbons (Fsp3) is 0.533. The number of rotatable bonds is 6. The van der Waals surface area contributed by atoms with Gasteiger partial charge in [-0.1, -0.05) is 38.1 Å². The van der Waals surface area contributed by atoms with Gasteiger partial charge in [0, 0.05) is 6.54 Å². The minimum Gasteiger partial charge on any atom is -0.430 e. The Labute approximate surface area is 138 Å². The first-order chi connectivity index (χ1) is 10.1. The van der Waals surface area contributed by atoms with Gasteiger partial charge in [-0.15, -0.1) is 12.4 Å². The van der Waals surface area contributed by atoms with Crippen LogP contribution in [-0.2, 0) is 22.4 Å². The zero-order chi connectivity index (χ0) is 15.2. The molecular formula is C15H24BClN2O3. The van der Waals surface area contributed by atoms with Crippen LogP contribution >= 0.6 is 12.4 Å². The van der Waals surface area contributed by atoms with E-state index < -0.39 is 13.9 Å². The van der Waals surface area contributed by atoms with Crippen molar-refractivity contribution < 1.29 is 14.5 Å². The molecular weight excluding hydrogens is 302 g/mol. The third-order valence-corrected chi connectivity index (χ3v) is 3.66. The van der Waals surface area contributed by atoms with E-state index in [4.69, 9.17) is 9.68 Å². The van der Waals surface area contributed by atoms with Crippen LogP contribution in [0.2, 0.25) is 0 Å². The van der Waals surface area contributed by atoms with E-state index in [1.54, 1.807) is 0 Å². The Morgan fingerprint density at radius 2 is 2.14 bits per heavy atom. The van der Waals surface area contributed by atoms with E-state index in [0.29, 0.717) is 25.3 Å². The molecule has 0 spiro atoms. The highest BCUT2D eigenvalue weighted by Crippen LogP contribution is 2.16. The number of fused-ring (bicyclic) bond motifs is 1. The van der Waals surface area contributed by atoms with Gasteiger partial charge in [-0.05, 0) is 29.9 Å². The third kappa shape index (κ3) is 5.28. The minimum atomic E-state index is -0.443. The molecule has 7 heteroatoms. The summed E-state index contributed by atoms with van der Waals surface area (Å²) in [6.07, 6.45) is 0.909. The number of halogens is 1. The molecule has 0 bridgehead atoms. The normalized spacial score (nSPS) is 18.1. The molecule has 1 aliphatic heterocycles. The van der Waals surface area contributed by atoms with Crippen LogP contribution in [0.15, 0.2) is 24.3 Å². The van der Waals surface area contributed by atoms with Crippen LogP contribution in [-0.4, -0.2) is 30.9 Å². The lowest BCUT2D eigenvalue weighted by Crippen LogP contribution is -2.51. The van der Waals surface area contributed by atoms with Gasteiger partial charge in [-0.3, -0.25) is 4.79 Å². The highest BCUT2D eigenvalue weighted by molar-refractivity contribution is 6.15. The molecule has 1 unspecified atom stereocenters. The molecule has 5 nitrogen and oxygen atoms in total. The second-order valence-corrected chi connectivity index (χ2v) is 5.83. The Morgan fingerprint density at radius 3 is 2.77 bits per heavy atom. The van der Waals surface area contributed by atoms with Gasteiger partial charge in [0.2, 0.25) is 5.91 Å². The van der Waals surface area contributed by atoms with Crippen molar-refractivity contribution in [2.45, 2.75) is 45.5 Å². The van der Waals surface area contributed by atoms with Crippen LogP contribution in [0, 0.1) is 5.92 Å². The molecule has 0 saturated carbocycles. The van der Waals surface area contributed by atoms with Crippen molar-refractivity contribution in [2.24, 2.45) is 5.92 Å². The summed E-state index contributed by atoms with van der Waals surface area (Å²) in [7, 11) is -0.390. The second-order valence-electron chi connectivity index (χ2n) is 5.83. The van der Waals surface area contributed by atoms with Gasteiger partial charge >= 0.3 is 7.69 Å². The van der Waals surface area contributed by atoms with Crippen LogP contribution < -0.4 is 10.6 Å². The summed E-state index contributed by atoms with van der Waals surface area (Å²) < 4.78 is 5.18. The summed E-state index contributed by atoms with van der Waals surface area (Å²) in [4.78, 5) is 12.3. The molecule has 2 rings (SSSR count). The third-order valence-electron chi connectivity index (χ3n) is 3.66. The summed E-state index contributed by atoms with van der Waals surface area (Å²) in [6, 6.07) is 7.89. The van der Waals surface area contributed by atoms with Crippen molar-refractivity contribution in [2.75, 3.05) is 0 Å². The molecule has 1 aromatic carbocycles. The van der Waals surface area contributed by atoms with E-state index >= 15 is 0 Å². The lowest BCUT2D eigenvalue weighted by Gasteiger charge is -2.28. The van der Waals surface area contributed by atoms with Gasteiger partial charge in [0.15, 0.2) is 0 Å². The van der Waals surface area contributed by atoms with Crippen LogP contribution in [0.3, 0.4) is 0 Å². The van der Waals surface area contributed by atoms with Crippen LogP contribution in [0.1, 0.15) is 31.4 Å². The summed E-state index contributed by atoms with van der Waals surface area (Å²) in [6.45, 7) is 4.80. The van der Waals surface area contributed by atoms with Crippen molar-refractivity contribution in [1.82, 2.24) is 10.6 Å². The Hall–Kier alpha value is -1.08. The average Bonchev–Trinajstić information content (AvgIpc) is 2.46. The number of nitrogens with one attached hydrogen (secondary N) is 2. The molecule has 1 amide bonds. The number of benzene rings is 1. The van der Waals surface area contributed by atoms with E-state index in [0.717, 1.165) is 0 Å². The van der Waals surface area contributed by atoms with E-state index in [1.807, 2.05) is 12.1 Å². The lowest BCUT2D eigenvalue weighted by atomic mass is 9.95. The molecule has 0 saturated heterocycles. The Balaban J connectivity index is 0.00000242. The van der Waals surface area contributed by atoms with E-state index in [-0.39, 0.29) is 24.4 Å². The first-order valence-corrected chi connectivity index (χ1v) is 7.43. The Kier molecular flexibility index (Phi) is 7.89. The monoisotopic (exact) mass is 326 g/mol. The maximum Gasteiger partial charge on any atom is 0.436 e. The number of carbonyl (C=O) groups is 1. The molecule has 1 heterocycles. The summed E-state index contributed by atoms with van der Waals surface area (Å²) in [5.41, 5.74) is 2.45. The Morgan fingerprint density at radius 1 is 1.45 bits per heavy atom. The number of hydrogen-bond donors (Lipinski definition) is 3. The molecule has 1 aromatic rings. The van der Waals surface area contributed by atoms with Gasteiger partial charge in [0.1, 0.15) is 6.23 Å².